The molecule has 1 heterocycles. The Bertz CT molecular complexity index is 872. The van der Waals surface area contributed by atoms with Crippen LogP contribution in [-0.4, -0.2) is 31.8 Å². The maximum absolute atomic E-state index is 12.6. The number of nitrogens with zero attached hydrogens (tertiary/aromatic N) is 1. The molecular weight excluding hydrogens is 368 g/mol. The molecule has 1 fully saturated rings. The molecule has 1 aliphatic carbocycles. The molecule has 140 valence electrons. The topological polar surface area (TPSA) is 66.5 Å². The van der Waals surface area contributed by atoms with Gasteiger partial charge in [0.2, 0.25) is 15.9 Å². The fraction of sp³-hybridized carbons (Fsp3) is 0.421. The SMILES string of the molecule is Cc1ccc(C)c(S(=O)(=O)NCCC(=O)N(Cc2ccsc2)C2CC2)c1. The van der Waals surface area contributed by atoms with Crippen molar-refractivity contribution in [3.8, 4) is 0 Å². The first-order valence-electron chi connectivity index (χ1n) is 8.74. The largest absolute Gasteiger partial charge is 0.335 e. The van der Waals surface area contributed by atoms with Gasteiger partial charge in [0.25, 0.3) is 0 Å². The zero-order valence-electron chi connectivity index (χ0n) is 15.1. The summed E-state index contributed by atoms with van der Waals surface area (Å²) in [4.78, 5) is 14.8. The van der Waals surface area contributed by atoms with Crippen molar-refractivity contribution in [3.05, 3.63) is 51.7 Å². The molecule has 1 amide bonds. The van der Waals surface area contributed by atoms with Gasteiger partial charge in [0.05, 0.1) is 4.90 Å². The van der Waals surface area contributed by atoms with Crippen molar-refractivity contribution in [3.63, 3.8) is 0 Å². The van der Waals surface area contributed by atoms with Crippen molar-refractivity contribution in [1.29, 1.82) is 0 Å². The Morgan fingerprint density at radius 3 is 2.69 bits per heavy atom. The lowest BCUT2D eigenvalue weighted by molar-refractivity contribution is -0.132. The maximum Gasteiger partial charge on any atom is 0.240 e. The third kappa shape index (κ3) is 4.72. The second-order valence-electron chi connectivity index (χ2n) is 6.80. The van der Waals surface area contributed by atoms with E-state index in [2.05, 4.69) is 4.72 Å². The van der Waals surface area contributed by atoms with Crippen LogP contribution in [0.1, 0.15) is 36.0 Å². The summed E-state index contributed by atoms with van der Waals surface area (Å²) < 4.78 is 27.6. The molecule has 1 aromatic heterocycles. The van der Waals surface area contributed by atoms with Gasteiger partial charge < -0.3 is 4.90 Å². The lowest BCUT2D eigenvalue weighted by atomic mass is 10.2. The van der Waals surface area contributed by atoms with E-state index in [1.54, 1.807) is 30.4 Å². The Hall–Kier alpha value is -1.70. The van der Waals surface area contributed by atoms with E-state index in [0.717, 1.165) is 24.0 Å². The molecule has 1 saturated carbocycles. The lowest BCUT2D eigenvalue weighted by Crippen LogP contribution is -2.35. The van der Waals surface area contributed by atoms with E-state index in [4.69, 9.17) is 0 Å². The number of sulfonamides is 1. The van der Waals surface area contributed by atoms with Crippen LogP contribution in [-0.2, 0) is 21.4 Å². The Morgan fingerprint density at radius 1 is 1.27 bits per heavy atom. The molecule has 1 aliphatic rings. The lowest BCUT2D eigenvalue weighted by Gasteiger charge is -2.22. The Kier molecular flexibility index (Phi) is 5.79. The van der Waals surface area contributed by atoms with E-state index in [1.165, 1.54) is 0 Å². The van der Waals surface area contributed by atoms with E-state index in [1.807, 2.05) is 34.7 Å². The van der Waals surface area contributed by atoms with Gasteiger partial charge in [0, 0.05) is 25.6 Å². The summed E-state index contributed by atoms with van der Waals surface area (Å²) in [6.45, 7) is 4.35. The summed E-state index contributed by atoms with van der Waals surface area (Å²) in [7, 11) is -3.61. The highest BCUT2D eigenvalue weighted by Crippen LogP contribution is 2.29. The number of carbonyl (C=O) groups excluding carboxylic acids is 1. The Labute approximate surface area is 159 Å². The molecule has 0 radical (unpaired) electrons. The van der Waals surface area contributed by atoms with Crippen LogP contribution in [0.15, 0.2) is 39.9 Å². The van der Waals surface area contributed by atoms with Gasteiger partial charge >= 0.3 is 0 Å². The monoisotopic (exact) mass is 392 g/mol. The summed E-state index contributed by atoms with van der Waals surface area (Å²) >= 11 is 1.62. The molecule has 5 nitrogen and oxygen atoms in total. The third-order valence-electron chi connectivity index (χ3n) is 4.51. The summed E-state index contributed by atoms with van der Waals surface area (Å²) in [5.74, 6) is 0.00219. The summed E-state index contributed by atoms with van der Waals surface area (Å²) in [5.41, 5.74) is 2.72. The van der Waals surface area contributed by atoms with Crippen LogP contribution < -0.4 is 4.72 Å². The third-order valence-corrected chi connectivity index (χ3v) is 6.84. The van der Waals surface area contributed by atoms with E-state index in [9.17, 15) is 13.2 Å². The number of aryl methyl sites for hydroxylation is 2. The number of hydrogen-bond acceptors (Lipinski definition) is 4. The number of rotatable bonds is 8. The van der Waals surface area contributed by atoms with E-state index in [0.29, 0.717) is 18.2 Å². The quantitative estimate of drug-likeness (QED) is 0.750. The average Bonchev–Trinajstić information content (AvgIpc) is 3.30. The minimum atomic E-state index is -3.61. The fourth-order valence-electron chi connectivity index (χ4n) is 2.90. The molecular formula is C19H24N2O3S2. The van der Waals surface area contributed by atoms with Crippen molar-refractivity contribution in [2.24, 2.45) is 0 Å². The van der Waals surface area contributed by atoms with Crippen LogP contribution in [0.4, 0.5) is 0 Å². The van der Waals surface area contributed by atoms with Crippen LogP contribution in [0.2, 0.25) is 0 Å². The molecule has 1 N–H and O–H groups in total. The molecule has 0 atom stereocenters. The van der Waals surface area contributed by atoms with Gasteiger partial charge in [-0.05, 0) is 66.3 Å². The minimum Gasteiger partial charge on any atom is -0.335 e. The van der Waals surface area contributed by atoms with Crippen molar-refractivity contribution >= 4 is 27.3 Å². The summed E-state index contributed by atoms with van der Waals surface area (Å²) in [6, 6.07) is 7.67. The number of hydrogen-bond donors (Lipinski definition) is 1. The van der Waals surface area contributed by atoms with Crippen LogP contribution in [0.3, 0.4) is 0 Å². The Balaban J connectivity index is 1.59. The van der Waals surface area contributed by atoms with Gasteiger partial charge in [0.15, 0.2) is 0 Å². The first-order valence-corrected chi connectivity index (χ1v) is 11.2. The van der Waals surface area contributed by atoms with Crippen LogP contribution in [0.25, 0.3) is 0 Å². The number of nitrogens with one attached hydrogen (secondary N) is 1. The first kappa shape index (κ1) is 19.1. The van der Waals surface area contributed by atoms with Gasteiger partial charge in [-0.3, -0.25) is 4.79 Å². The van der Waals surface area contributed by atoms with Crippen molar-refractivity contribution in [2.75, 3.05) is 6.54 Å². The fourth-order valence-corrected chi connectivity index (χ4v) is 4.92. The van der Waals surface area contributed by atoms with E-state index < -0.39 is 10.0 Å². The predicted octanol–water partition coefficient (Wildman–Crippen LogP) is 3.22. The van der Waals surface area contributed by atoms with Crippen molar-refractivity contribution in [1.82, 2.24) is 9.62 Å². The van der Waals surface area contributed by atoms with E-state index in [-0.39, 0.29) is 23.8 Å². The number of benzene rings is 1. The van der Waals surface area contributed by atoms with Crippen molar-refractivity contribution in [2.45, 2.75) is 50.6 Å². The van der Waals surface area contributed by atoms with Crippen LogP contribution in [0, 0.1) is 13.8 Å². The minimum absolute atomic E-state index is 0.00219. The molecule has 3 rings (SSSR count). The molecule has 0 saturated heterocycles. The second kappa shape index (κ2) is 7.90. The second-order valence-corrected chi connectivity index (χ2v) is 9.32. The normalized spacial score (nSPS) is 14.4. The number of amides is 1. The van der Waals surface area contributed by atoms with Crippen molar-refractivity contribution < 1.29 is 13.2 Å². The van der Waals surface area contributed by atoms with Gasteiger partial charge in [-0.25, -0.2) is 13.1 Å². The average molecular weight is 393 g/mol. The predicted molar refractivity (Wildman–Crippen MR) is 104 cm³/mol. The van der Waals surface area contributed by atoms with Crippen LogP contribution >= 0.6 is 11.3 Å². The highest BCUT2D eigenvalue weighted by Gasteiger charge is 2.32. The molecule has 0 bridgehead atoms. The highest BCUT2D eigenvalue weighted by molar-refractivity contribution is 7.89. The molecule has 0 spiro atoms. The van der Waals surface area contributed by atoms with Gasteiger partial charge in [0.1, 0.15) is 0 Å². The van der Waals surface area contributed by atoms with Crippen LogP contribution in [0.5, 0.6) is 0 Å². The molecule has 2 aromatic rings. The molecule has 0 aliphatic heterocycles. The highest BCUT2D eigenvalue weighted by atomic mass is 32.2. The first-order chi connectivity index (χ1) is 12.4. The van der Waals surface area contributed by atoms with Gasteiger partial charge in [-0.15, -0.1) is 0 Å². The molecule has 0 unspecified atom stereocenters. The van der Waals surface area contributed by atoms with Gasteiger partial charge in [-0.2, -0.15) is 11.3 Å². The number of carbonyl (C=O) groups is 1. The van der Waals surface area contributed by atoms with Gasteiger partial charge in [-0.1, -0.05) is 12.1 Å². The molecule has 26 heavy (non-hydrogen) atoms. The van der Waals surface area contributed by atoms with E-state index >= 15 is 0 Å². The maximum atomic E-state index is 12.6. The smallest absolute Gasteiger partial charge is 0.240 e. The Morgan fingerprint density at radius 2 is 2.04 bits per heavy atom. The summed E-state index contributed by atoms with van der Waals surface area (Å²) in [5, 5.41) is 4.05. The molecule has 7 heteroatoms. The zero-order chi connectivity index (χ0) is 18.7. The molecule has 1 aromatic carbocycles. The standard InChI is InChI=1S/C19H24N2O3S2/c1-14-3-4-15(2)18(11-14)26(23,24)20-9-7-19(22)21(17-5-6-17)12-16-8-10-25-13-16/h3-4,8,10-11,13,17,20H,5-7,9,12H2,1-2H3. The number of thiophene rings is 1. The summed E-state index contributed by atoms with van der Waals surface area (Å²) in [6.07, 6.45) is 2.24. The zero-order valence-corrected chi connectivity index (χ0v) is 16.7.